The van der Waals surface area contributed by atoms with Crippen LogP contribution in [0, 0.1) is 0 Å². The van der Waals surface area contributed by atoms with Crippen molar-refractivity contribution in [2.24, 2.45) is 0 Å². The number of rotatable bonds is 7. The van der Waals surface area contributed by atoms with Crippen molar-refractivity contribution in [1.29, 1.82) is 0 Å². The fraction of sp³-hybridized carbons (Fsp3) is 0.238. The molecule has 0 unspecified atom stereocenters. The Bertz CT molecular complexity index is 825. The van der Waals surface area contributed by atoms with Crippen molar-refractivity contribution >= 4 is 23.6 Å². The molecule has 6 nitrogen and oxygen atoms in total. The molecular formula is C21H23NO5. The minimum atomic E-state index is -0.394. The van der Waals surface area contributed by atoms with Gasteiger partial charge in [-0.25, -0.2) is 4.79 Å². The molecule has 0 spiro atoms. The molecule has 0 fully saturated rings. The van der Waals surface area contributed by atoms with Crippen LogP contribution in [0.25, 0.3) is 6.08 Å². The van der Waals surface area contributed by atoms with E-state index in [-0.39, 0.29) is 12.0 Å². The number of hydrogen-bond donors (Lipinski definition) is 1. The Morgan fingerprint density at radius 1 is 1.00 bits per heavy atom. The molecule has 142 valence electrons. The van der Waals surface area contributed by atoms with E-state index in [0.717, 1.165) is 5.56 Å². The van der Waals surface area contributed by atoms with E-state index in [2.05, 4.69) is 5.32 Å². The molecule has 0 aromatic heterocycles. The van der Waals surface area contributed by atoms with Crippen molar-refractivity contribution in [3.05, 3.63) is 59.7 Å². The van der Waals surface area contributed by atoms with Gasteiger partial charge < -0.3 is 19.5 Å². The Labute approximate surface area is 158 Å². The van der Waals surface area contributed by atoms with Crippen LogP contribution >= 0.6 is 0 Å². The number of benzene rings is 2. The number of esters is 1. The number of carbonyl (C=O) groups excluding carboxylic acids is 2. The first kappa shape index (κ1) is 20.0. The third-order valence-corrected chi connectivity index (χ3v) is 3.59. The first-order chi connectivity index (χ1) is 12.9. The van der Waals surface area contributed by atoms with Gasteiger partial charge in [-0.15, -0.1) is 0 Å². The molecule has 0 aliphatic rings. The van der Waals surface area contributed by atoms with E-state index in [9.17, 15) is 9.59 Å². The molecule has 2 aromatic carbocycles. The summed E-state index contributed by atoms with van der Waals surface area (Å²) in [5, 5.41) is 2.74. The van der Waals surface area contributed by atoms with Gasteiger partial charge in [-0.2, -0.15) is 0 Å². The monoisotopic (exact) mass is 369 g/mol. The Hall–Kier alpha value is -3.28. The predicted molar refractivity (Wildman–Crippen MR) is 104 cm³/mol. The van der Waals surface area contributed by atoms with E-state index in [1.165, 1.54) is 6.08 Å². The maximum atomic E-state index is 12.1. The van der Waals surface area contributed by atoms with Crippen molar-refractivity contribution in [2.45, 2.75) is 20.0 Å². The van der Waals surface area contributed by atoms with Gasteiger partial charge in [-0.05, 0) is 56.3 Å². The van der Waals surface area contributed by atoms with Gasteiger partial charge in [0.1, 0.15) is 11.5 Å². The standard InChI is InChI=1S/C21H23NO5/c1-14(2)27-21(24)16-5-9-17(10-6-16)22-20(23)12-8-15-7-11-18(25-3)13-19(15)26-4/h5-14H,1-4H3,(H,22,23). The molecule has 0 radical (unpaired) electrons. The van der Waals surface area contributed by atoms with Crippen molar-refractivity contribution < 1.29 is 23.8 Å². The largest absolute Gasteiger partial charge is 0.497 e. The van der Waals surface area contributed by atoms with E-state index >= 15 is 0 Å². The fourth-order valence-corrected chi connectivity index (χ4v) is 2.28. The number of nitrogens with one attached hydrogen (secondary N) is 1. The van der Waals surface area contributed by atoms with Crippen LogP contribution in [0.4, 0.5) is 5.69 Å². The number of hydrogen-bond acceptors (Lipinski definition) is 5. The summed E-state index contributed by atoms with van der Waals surface area (Å²) in [4.78, 5) is 23.9. The van der Waals surface area contributed by atoms with Gasteiger partial charge >= 0.3 is 5.97 Å². The molecule has 0 aliphatic carbocycles. The van der Waals surface area contributed by atoms with Crippen molar-refractivity contribution in [1.82, 2.24) is 0 Å². The first-order valence-electron chi connectivity index (χ1n) is 8.45. The summed E-state index contributed by atoms with van der Waals surface area (Å²) in [5.41, 5.74) is 1.76. The van der Waals surface area contributed by atoms with Gasteiger partial charge in [-0.1, -0.05) is 0 Å². The topological polar surface area (TPSA) is 73.9 Å². The lowest BCUT2D eigenvalue weighted by atomic mass is 10.1. The lowest BCUT2D eigenvalue weighted by Gasteiger charge is -2.09. The third kappa shape index (κ3) is 5.88. The minimum absolute atomic E-state index is 0.183. The van der Waals surface area contributed by atoms with Crippen LogP contribution < -0.4 is 14.8 Å². The normalized spacial score (nSPS) is 10.7. The summed E-state index contributed by atoms with van der Waals surface area (Å²) in [7, 11) is 3.13. The fourth-order valence-electron chi connectivity index (χ4n) is 2.28. The first-order valence-corrected chi connectivity index (χ1v) is 8.45. The number of methoxy groups -OCH3 is 2. The molecule has 0 bridgehead atoms. The van der Waals surface area contributed by atoms with E-state index < -0.39 is 5.97 Å². The lowest BCUT2D eigenvalue weighted by Crippen LogP contribution is -2.12. The third-order valence-electron chi connectivity index (χ3n) is 3.59. The SMILES string of the molecule is COc1ccc(C=CC(=O)Nc2ccc(C(=O)OC(C)C)cc2)c(OC)c1. The lowest BCUT2D eigenvalue weighted by molar-refractivity contribution is -0.111. The average molecular weight is 369 g/mol. The van der Waals surface area contributed by atoms with Gasteiger partial charge in [0.25, 0.3) is 0 Å². The van der Waals surface area contributed by atoms with Gasteiger partial charge in [0, 0.05) is 23.4 Å². The van der Waals surface area contributed by atoms with Crippen molar-refractivity contribution in [2.75, 3.05) is 19.5 Å². The molecule has 0 heterocycles. The minimum Gasteiger partial charge on any atom is -0.497 e. The quantitative estimate of drug-likeness (QED) is 0.591. The molecule has 0 atom stereocenters. The van der Waals surface area contributed by atoms with Crippen LogP contribution in [0.3, 0.4) is 0 Å². The van der Waals surface area contributed by atoms with Crippen LogP contribution in [-0.4, -0.2) is 32.2 Å². The van der Waals surface area contributed by atoms with Crippen LogP contribution in [0.15, 0.2) is 48.5 Å². The molecule has 1 amide bonds. The molecule has 0 saturated heterocycles. The molecule has 2 rings (SSSR count). The maximum absolute atomic E-state index is 12.1. The second-order valence-corrected chi connectivity index (χ2v) is 5.96. The molecule has 27 heavy (non-hydrogen) atoms. The predicted octanol–water partition coefficient (Wildman–Crippen LogP) is 3.92. The highest BCUT2D eigenvalue weighted by molar-refractivity contribution is 6.02. The van der Waals surface area contributed by atoms with Gasteiger partial charge in [0.2, 0.25) is 5.91 Å². The Morgan fingerprint density at radius 2 is 1.70 bits per heavy atom. The smallest absolute Gasteiger partial charge is 0.338 e. The number of ether oxygens (including phenoxy) is 3. The summed E-state index contributed by atoms with van der Waals surface area (Å²) in [6.45, 7) is 3.58. The highest BCUT2D eigenvalue weighted by Crippen LogP contribution is 2.25. The Kier molecular flexibility index (Phi) is 7.00. The van der Waals surface area contributed by atoms with E-state index in [4.69, 9.17) is 14.2 Å². The van der Waals surface area contributed by atoms with E-state index in [1.807, 2.05) is 0 Å². The number of amides is 1. The molecule has 1 N–H and O–H groups in total. The second kappa shape index (κ2) is 9.43. The van der Waals surface area contributed by atoms with Gasteiger partial charge in [0.15, 0.2) is 0 Å². The second-order valence-electron chi connectivity index (χ2n) is 5.96. The Morgan fingerprint density at radius 3 is 2.30 bits per heavy atom. The number of anilines is 1. The van der Waals surface area contributed by atoms with Crippen LogP contribution in [-0.2, 0) is 9.53 Å². The molecule has 0 saturated carbocycles. The molecule has 6 heteroatoms. The highest BCUT2D eigenvalue weighted by atomic mass is 16.5. The zero-order chi connectivity index (χ0) is 19.8. The van der Waals surface area contributed by atoms with Gasteiger partial charge in [0.05, 0.1) is 25.9 Å². The summed E-state index contributed by atoms with van der Waals surface area (Å²) >= 11 is 0. The summed E-state index contributed by atoms with van der Waals surface area (Å²) in [5.74, 6) is 0.579. The van der Waals surface area contributed by atoms with Crippen LogP contribution in [0.5, 0.6) is 11.5 Å². The number of carbonyl (C=O) groups is 2. The van der Waals surface area contributed by atoms with E-state index in [1.54, 1.807) is 76.6 Å². The summed E-state index contributed by atoms with van der Waals surface area (Å²) < 4.78 is 15.6. The van der Waals surface area contributed by atoms with Crippen LogP contribution in [0.2, 0.25) is 0 Å². The highest BCUT2D eigenvalue weighted by Gasteiger charge is 2.09. The summed E-state index contributed by atoms with van der Waals surface area (Å²) in [6, 6.07) is 11.8. The zero-order valence-electron chi connectivity index (χ0n) is 15.8. The van der Waals surface area contributed by atoms with Gasteiger partial charge in [-0.3, -0.25) is 4.79 Å². The molecular weight excluding hydrogens is 346 g/mol. The Balaban J connectivity index is 2.01. The molecule has 0 aliphatic heterocycles. The summed E-state index contributed by atoms with van der Waals surface area (Å²) in [6.07, 6.45) is 2.88. The zero-order valence-corrected chi connectivity index (χ0v) is 15.8. The van der Waals surface area contributed by atoms with Crippen molar-refractivity contribution in [3.63, 3.8) is 0 Å². The average Bonchev–Trinajstić information content (AvgIpc) is 2.66. The van der Waals surface area contributed by atoms with Crippen LogP contribution in [0.1, 0.15) is 29.8 Å². The van der Waals surface area contributed by atoms with Crippen molar-refractivity contribution in [3.8, 4) is 11.5 Å². The molecule has 2 aromatic rings. The van der Waals surface area contributed by atoms with E-state index in [0.29, 0.717) is 22.7 Å². The maximum Gasteiger partial charge on any atom is 0.338 e.